The summed E-state index contributed by atoms with van der Waals surface area (Å²) in [6, 6.07) is 0.513. The first kappa shape index (κ1) is 15.8. The molecule has 1 aliphatic carbocycles. The van der Waals surface area contributed by atoms with Crippen LogP contribution in [0.3, 0.4) is 0 Å². The number of carbonyl (C=O) groups is 1. The van der Waals surface area contributed by atoms with Gasteiger partial charge in [0.25, 0.3) is 0 Å². The highest BCUT2D eigenvalue weighted by Gasteiger charge is 2.38. The predicted octanol–water partition coefficient (Wildman–Crippen LogP) is 3.18. The highest BCUT2D eigenvalue weighted by molar-refractivity contribution is 5.79. The molecule has 1 unspecified atom stereocenters. The van der Waals surface area contributed by atoms with E-state index in [1.165, 1.54) is 38.5 Å². The number of hydrogen-bond donors (Lipinski definition) is 1. The minimum absolute atomic E-state index is 0.00989. The Balaban J connectivity index is 2.05. The van der Waals surface area contributed by atoms with Crippen LogP contribution in [0.2, 0.25) is 0 Å². The summed E-state index contributed by atoms with van der Waals surface area (Å²) in [6.07, 6.45) is 8.57. The molecule has 0 aromatic carbocycles. The fourth-order valence-corrected chi connectivity index (χ4v) is 4.14. The lowest BCUT2D eigenvalue weighted by atomic mass is 9.77. The van der Waals surface area contributed by atoms with Gasteiger partial charge < -0.3 is 10.6 Å². The number of nitrogens with two attached hydrogens (primary N) is 1. The largest absolute Gasteiger partial charge is 0.339 e. The molecule has 1 saturated heterocycles. The molecule has 2 N–H and O–H groups in total. The summed E-state index contributed by atoms with van der Waals surface area (Å²) < 4.78 is 0. The van der Waals surface area contributed by atoms with Crippen LogP contribution in [0.5, 0.6) is 0 Å². The van der Waals surface area contributed by atoms with E-state index in [9.17, 15) is 4.79 Å². The highest BCUT2D eigenvalue weighted by Crippen LogP contribution is 2.36. The van der Waals surface area contributed by atoms with Gasteiger partial charge in [-0.1, -0.05) is 33.6 Å². The topological polar surface area (TPSA) is 46.3 Å². The van der Waals surface area contributed by atoms with E-state index in [1.807, 2.05) is 0 Å². The fourth-order valence-electron chi connectivity index (χ4n) is 4.14. The first-order valence-corrected chi connectivity index (χ1v) is 8.43. The van der Waals surface area contributed by atoms with Crippen molar-refractivity contribution in [2.45, 2.75) is 71.8 Å². The summed E-state index contributed by atoms with van der Waals surface area (Å²) in [6.45, 7) is 8.04. The van der Waals surface area contributed by atoms with E-state index in [2.05, 4.69) is 25.7 Å². The highest BCUT2D eigenvalue weighted by atomic mass is 16.2. The Labute approximate surface area is 124 Å². The number of hydrogen-bond acceptors (Lipinski definition) is 2. The minimum atomic E-state index is 0.00989. The molecule has 1 saturated carbocycles. The lowest BCUT2D eigenvalue weighted by Crippen LogP contribution is -2.52. The van der Waals surface area contributed by atoms with Gasteiger partial charge in [-0.3, -0.25) is 4.79 Å². The maximum atomic E-state index is 12.9. The first-order valence-electron chi connectivity index (χ1n) is 8.43. The third-order valence-electron chi connectivity index (χ3n) is 5.02. The van der Waals surface area contributed by atoms with Crippen molar-refractivity contribution in [1.82, 2.24) is 4.90 Å². The van der Waals surface area contributed by atoms with Gasteiger partial charge in [0.15, 0.2) is 0 Å². The van der Waals surface area contributed by atoms with E-state index in [1.54, 1.807) is 0 Å². The molecular weight excluding hydrogens is 248 g/mol. The zero-order chi connectivity index (χ0) is 14.8. The Morgan fingerprint density at radius 2 is 1.85 bits per heavy atom. The SMILES string of the molecule is CC(C)(C)CC(CN)C(=O)N1CCC[C@H]2CCCC[C@H]21. The Morgan fingerprint density at radius 3 is 2.50 bits per heavy atom. The first-order chi connectivity index (χ1) is 9.42. The van der Waals surface area contributed by atoms with Gasteiger partial charge in [0.05, 0.1) is 5.92 Å². The number of amides is 1. The van der Waals surface area contributed by atoms with E-state index in [0.29, 0.717) is 18.5 Å². The Kier molecular flexibility index (Phi) is 5.11. The van der Waals surface area contributed by atoms with E-state index in [-0.39, 0.29) is 11.3 Å². The number of carbonyl (C=O) groups excluding carboxylic acids is 1. The summed E-state index contributed by atoms with van der Waals surface area (Å²) in [5.74, 6) is 1.10. The van der Waals surface area contributed by atoms with Gasteiger partial charge in [-0.05, 0) is 43.4 Å². The molecule has 0 aromatic heterocycles. The van der Waals surface area contributed by atoms with Crippen LogP contribution in [-0.4, -0.2) is 29.9 Å². The molecule has 0 bridgehead atoms. The van der Waals surface area contributed by atoms with Gasteiger partial charge in [0.1, 0.15) is 0 Å². The quantitative estimate of drug-likeness (QED) is 0.863. The Hall–Kier alpha value is -0.570. The van der Waals surface area contributed by atoms with E-state index in [4.69, 9.17) is 5.73 Å². The van der Waals surface area contributed by atoms with Crippen LogP contribution in [0.4, 0.5) is 0 Å². The molecule has 1 aliphatic heterocycles. The molecule has 2 fully saturated rings. The molecule has 2 aliphatic rings. The molecule has 3 nitrogen and oxygen atoms in total. The number of piperidine rings is 1. The second-order valence-corrected chi connectivity index (χ2v) is 7.98. The second-order valence-electron chi connectivity index (χ2n) is 7.98. The van der Waals surface area contributed by atoms with Crippen LogP contribution in [-0.2, 0) is 4.79 Å². The zero-order valence-corrected chi connectivity index (χ0v) is 13.5. The van der Waals surface area contributed by atoms with Gasteiger partial charge >= 0.3 is 0 Å². The summed E-state index contributed by atoms with van der Waals surface area (Å²) in [5.41, 5.74) is 6.08. The smallest absolute Gasteiger partial charge is 0.227 e. The third-order valence-corrected chi connectivity index (χ3v) is 5.02. The predicted molar refractivity (Wildman–Crippen MR) is 83.3 cm³/mol. The van der Waals surface area contributed by atoms with Crippen LogP contribution in [0.25, 0.3) is 0 Å². The monoisotopic (exact) mass is 280 g/mol. The average molecular weight is 280 g/mol. The normalized spacial score (nSPS) is 28.9. The van der Waals surface area contributed by atoms with Crippen molar-refractivity contribution < 1.29 is 4.79 Å². The molecule has 0 spiro atoms. The van der Waals surface area contributed by atoms with Crippen LogP contribution in [0.15, 0.2) is 0 Å². The van der Waals surface area contributed by atoms with Crippen LogP contribution in [0, 0.1) is 17.3 Å². The molecule has 20 heavy (non-hydrogen) atoms. The molecular formula is C17H32N2O. The molecule has 0 radical (unpaired) electrons. The van der Waals surface area contributed by atoms with Gasteiger partial charge in [-0.15, -0.1) is 0 Å². The summed E-state index contributed by atoms with van der Waals surface area (Å²) in [4.78, 5) is 15.1. The molecule has 1 amide bonds. The van der Waals surface area contributed by atoms with Gasteiger partial charge in [-0.2, -0.15) is 0 Å². The molecule has 0 aromatic rings. The summed E-state index contributed by atoms with van der Waals surface area (Å²) in [7, 11) is 0. The van der Waals surface area contributed by atoms with Crippen molar-refractivity contribution >= 4 is 5.91 Å². The van der Waals surface area contributed by atoms with Crippen LogP contribution < -0.4 is 5.73 Å². The second kappa shape index (κ2) is 6.46. The van der Waals surface area contributed by atoms with E-state index >= 15 is 0 Å². The number of likely N-dealkylation sites (tertiary alicyclic amines) is 1. The van der Waals surface area contributed by atoms with Crippen molar-refractivity contribution in [2.24, 2.45) is 23.0 Å². The Bertz CT molecular complexity index is 332. The molecule has 116 valence electrons. The minimum Gasteiger partial charge on any atom is -0.339 e. The average Bonchev–Trinajstić information content (AvgIpc) is 2.42. The maximum absolute atomic E-state index is 12.9. The summed E-state index contributed by atoms with van der Waals surface area (Å²) >= 11 is 0. The van der Waals surface area contributed by atoms with E-state index in [0.717, 1.165) is 18.9 Å². The molecule has 3 heteroatoms. The third kappa shape index (κ3) is 3.75. The number of rotatable bonds is 3. The van der Waals surface area contributed by atoms with Gasteiger partial charge in [-0.25, -0.2) is 0 Å². The van der Waals surface area contributed by atoms with Crippen LogP contribution >= 0.6 is 0 Å². The van der Waals surface area contributed by atoms with Crippen molar-refractivity contribution in [2.75, 3.05) is 13.1 Å². The number of nitrogens with zero attached hydrogens (tertiary/aromatic N) is 1. The van der Waals surface area contributed by atoms with E-state index < -0.39 is 0 Å². The lowest BCUT2D eigenvalue weighted by molar-refractivity contribution is -0.142. The molecule has 3 atom stereocenters. The van der Waals surface area contributed by atoms with Crippen molar-refractivity contribution in [1.29, 1.82) is 0 Å². The maximum Gasteiger partial charge on any atom is 0.227 e. The van der Waals surface area contributed by atoms with Gasteiger partial charge in [0.2, 0.25) is 5.91 Å². The summed E-state index contributed by atoms with van der Waals surface area (Å²) in [5, 5.41) is 0. The Morgan fingerprint density at radius 1 is 1.20 bits per heavy atom. The standard InChI is InChI=1S/C17H32N2O/c1-17(2,3)11-14(12-18)16(20)19-10-6-8-13-7-4-5-9-15(13)19/h13-15H,4-12,18H2,1-3H3/t13-,14?,15-/m1/s1. The number of fused-ring (bicyclic) bond motifs is 1. The molecule has 2 rings (SSSR count). The zero-order valence-electron chi connectivity index (χ0n) is 13.5. The van der Waals surface area contributed by atoms with Gasteiger partial charge in [0, 0.05) is 19.1 Å². The van der Waals surface area contributed by atoms with Crippen molar-refractivity contribution in [3.05, 3.63) is 0 Å². The van der Waals surface area contributed by atoms with Crippen molar-refractivity contribution in [3.63, 3.8) is 0 Å². The van der Waals surface area contributed by atoms with Crippen LogP contribution in [0.1, 0.15) is 65.7 Å². The van der Waals surface area contributed by atoms with Crippen molar-refractivity contribution in [3.8, 4) is 0 Å². The lowest BCUT2D eigenvalue weighted by Gasteiger charge is -2.45. The molecule has 1 heterocycles. The fraction of sp³-hybridized carbons (Fsp3) is 0.941.